The molecule has 0 aromatic carbocycles. The van der Waals surface area contributed by atoms with Crippen LogP contribution >= 0.6 is 11.8 Å². The van der Waals surface area contributed by atoms with Gasteiger partial charge >= 0.3 is 0 Å². The summed E-state index contributed by atoms with van der Waals surface area (Å²) in [5.74, 6) is -3.95. The summed E-state index contributed by atoms with van der Waals surface area (Å²) in [5.41, 5.74) is 4.02. The van der Waals surface area contributed by atoms with E-state index in [9.17, 15) is 13.6 Å². The van der Waals surface area contributed by atoms with Gasteiger partial charge < -0.3 is 15.8 Å². The van der Waals surface area contributed by atoms with Crippen molar-refractivity contribution in [3.05, 3.63) is 42.1 Å². The quantitative estimate of drug-likeness (QED) is 0.815. The first kappa shape index (κ1) is 19.0. The number of halogens is 2. The lowest BCUT2D eigenvalue weighted by Gasteiger charge is -2.36. The van der Waals surface area contributed by atoms with Crippen molar-refractivity contribution < 1.29 is 18.3 Å². The van der Waals surface area contributed by atoms with Crippen LogP contribution in [0.5, 0.6) is 5.88 Å². The highest BCUT2D eigenvalue weighted by Gasteiger charge is 2.55. The van der Waals surface area contributed by atoms with Gasteiger partial charge in [0.05, 0.1) is 31.0 Å². The lowest BCUT2D eigenvalue weighted by atomic mass is 9.90. The number of ether oxygens (including phenoxy) is 1. The maximum Gasteiger partial charge on any atom is 0.287 e. The minimum Gasteiger partial charge on any atom is -0.480 e. The molecule has 1 aliphatic rings. The number of nitrogens with two attached hydrogens (primary N) is 1. The Kier molecular flexibility index (Phi) is 4.96. The Morgan fingerprint density at radius 1 is 1.33 bits per heavy atom. The second kappa shape index (κ2) is 7.06. The molecule has 2 aromatic rings. The van der Waals surface area contributed by atoms with Crippen LogP contribution in [-0.2, 0) is 5.54 Å². The molecule has 11 heteroatoms. The number of pyridine rings is 1. The molecule has 0 bridgehead atoms. The third-order valence-electron chi connectivity index (χ3n) is 4.03. The van der Waals surface area contributed by atoms with E-state index in [2.05, 4.69) is 25.3 Å². The maximum atomic E-state index is 14.5. The number of hydrogen-bond acceptors (Lipinski definition) is 8. The van der Waals surface area contributed by atoms with E-state index in [0.717, 1.165) is 11.8 Å². The van der Waals surface area contributed by atoms with Gasteiger partial charge in [0.1, 0.15) is 5.69 Å². The lowest BCUT2D eigenvalue weighted by molar-refractivity contribution is -0.0488. The molecule has 2 aromatic heterocycles. The van der Waals surface area contributed by atoms with Crippen molar-refractivity contribution in [3.63, 3.8) is 0 Å². The number of aromatic nitrogens is 3. The van der Waals surface area contributed by atoms with Crippen molar-refractivity contribution in [1.82, 2.24) is 15.0 Å². The van der Waals surface area contributed by atoms with E-state index in [0.29, 0.717) is 0 Å². The van der Waals surface area contributed by atoms with Gasteiger partial charge in [0.15, 0.2) is 10.7 Å². The second-order valence-electron chi connectivity index (χ2n) is 5.84. The molecule has 142 valence electrons. The Bertz CT molecular complexity index is 893. The first-order valence-electron chi connectivity index (χ1n) is 7.75. The van der Waals surface area contributed by atoms with Crippen molar-refractivity contribution in [1.29, 1.82) is 0 Å². The molecule has 27 heavy (non-hydrogen) atoms. The van der Waals surface area contributed by atoms with Gasteiger partial charge in [0.25, 0.3) is 11.8 Å². The van der Waals surface area contributed by atoms with Crippen LogP contribution in [0.2, 0.25) is 0 Å². The molecule has 1 amide bonds. The van der Waals surface area contributed by atoms with E-state index < -0.39 is 23.1 Å². The molecule has 0 aliphatic carbocycles. The van der Waals surface area contributed by atoms with Gasteiger partial charge in [-0.1, -0.05) is 11.8 Å². The van der Waals surface area contributed by atoms with Crippen LogP contribution < -0.4 is 15.8 Å². The molecule has 0 fully saturated rings. The Hall–Kier alpha value is -2.82. The zero-order chi connectivity index (χ0) is 19.7. The normalized spacial score (nSPS) is 21.3. The largest absolute Gasteiger partial charge is 0.480 e. The first-order valence-corrected chi connectivity index (χ1v) is 8.73. The number of anilines is 1. The minimum atomic E-state index is -3.16. The number of aliphatic imine (C=N–C) groups is 1. The fraction of sp³-hybridized carbons (Fsp3) is 0.312. The molecular weight excluding hydrogens is 378 g/mol. The van der Waals surface area contributed by atoms with Crippen molar-refractivity contribution in [2.24, 2.45) is 10.7 Å². The summed E-state index contributed by atoms with van der Waals surface area (Å²) in [6.07, 6.45) is 3.86. The van der Waals surface area contributed by atoms with Gasteiger partial charge in [0, 0.05) is 11.9 Å². The Balaban J connectivity index is 1.87. The minimum absolute atomic E-state index is 0.00522. The summed E-state index contributed by atoms with van der Waals surface area (Å²) < 4.78 is 33.9. The number of amidine groups is 1. The number of nitrogens with zero attached hydrogens (tertiary/aromatic N) is 4. The molecule has 3 rings (SSSR count). The van der Waals surface area contributed by atoms with Gasteiger partial charge in [-0.15, -0.1) is 0 Å². The van der Waals surface area contributed by atoms with Gasteiger partial charge in [-0.25, -0.2) is 23.7 Å². The molecule has 3 N–H and O–H groups in total. The monoisotopic (exact) mass is 394 g/mol. The predicted octanol–water partition coefficient (Wildman–Crippen LogP) is 2.04. The summed E-state index contributed by atoms with van der Waals surface area (Å²) in [4.78, 5) is 28.1. The van der Waals surface area contributed by atoms with Crippen LogP contribution in [0.3, 0.4) is 0 Å². The standard InChI is InChI=1S/C16H16F2N6O2S/c1-15(16(17,18)8-27-14(19)24-15)11-5-9(3-4-20-11)23-13(25)10-6-22-12(26-2)7-21-10/h3-7H,8H2,1-2H3,(H2,19,24)(H,20,23,25)/t15-/m1/s1. The van der Waals surface area contributed by atoms with Crippen molar-refractivity contribution in [3.8, 4) is 5.88 Å². The number of nitrogens with one attached hydrogen (secondary N) is 1. The van der Waals surface area contributed by atoms with Crippen LogP contribution in [0.1, 0.15) is 23.1 Å². The Labute approximate surface area is 157 Å². The Morgan fingerprint density at radius 2 is 2.11 bits per heavy atom. The number of carbonyl (C=O) groups excluding carboxylic acids is 1. The van der Waals surface area contributed by atoms with Gasteiger partial charge in [-0.2, -0.15) is 0 Å². The predicted molar refractivity (Wildman–Crippen MR) is 97.2 cm³/mol. The number of methoxy groups -OCH3 is 1. The number of rotatable bonds is 4. The Morgan fingerprint density at radius 3 is 2.78 bits per heavy atom. The highest BCUT2D eigenvalue weighted by atomic mass is 32.2. The fourth-order valence-corrected chi connectivity index (χ4v) is 3.25. The van der Waals surface area contributed by atoms with E-state index >= 15 is 0 Å². The molecule has 8 nitrogen and oxygen atoms in total. The van der Waals surface area contributed by atoms with E-state index in [-0.39, 0.29) is 28.1 Å². The van der Waals surface area contributed by atoms with Gasteiger partial charge in [0.2, 0.25) is 5.88 Å². The summed E-state index contributed by atoms with van der Waals surface area (Å²) in [7, 11) is 1.43. The average molecular weight is 394 g/mol. The number of hydrogen-bond donors (Lipinski definition) is 2. The fourth-order valence-electron chi connectivity index (χ4n) is 2.39. The zero-order valence-electron chi connectivity index (χ0n) is 14.4. The third-order valence-corrected chi connectivity index (χ3v) is 4.93. The summed E-state index contributed by atoms with van der Waals surface area (Å²) >= 11 is 0.792. The number of thioether (sulfide) groups is 1. The van der Waals surface area contributed by atoms with Crippen molar-refractivity contribution in [2.45, 2.75) is 18.4 Å². The number of alkyl halides is 2. The van der Waals surface area contributed by atoms with Crippen molar-refractivity contribution >= 4 is 28.5 Å². The average Bonchev–Trinajstić information content (AvgIpc) is 2.65. The SMILES string of the molecule is COc1cnc(C(=O)Nc2ccnc([C@@]3(C)N=C(N)SCC3(F)F)c2)cn1. The zero-order valence-corrected chi connectivity index (χ0v) is 15.3. The number of carbonyl (C=O) groups is 1. The second-order valence-corrected chi connectivity index (χ2v) is 6.84. The van der Waals surface area contributed by atoms with E-state index in [4.69, 9.17) is 10.5 Å². The molecule has 0 radical (unpaired) electrons. The topological polar surface area (TPSA) is 115 Å². The summed E-state index contributed by atoms with van der Waals surface area (Å²) in [5, 5.41) is 2.64. The molecule has 0 saturated carbocycles. The summed E-state index contributed by atoms with van der Waals surface area (Å²) in [6.45, 7) is 1.27. The molecule has 0 saturated heterocycles. The van der Waals surface area contributed by atoms with Crippen LogP contribution in [0.25, 0.3) is 0 Å². The molecule has 0 unspecified atom stereocenters. The van der Waals surface area contributed by atoms with Crippen LogP contribution in [0.15, 0.2) is 35.7 Å². The van der Waals surface area contributed by atoms with E-state index in [1.807, 2.05) is 0 Å². The first-order chi connectivity index (χ1) is 12.7. The van der Waals surface area contributed by atoms with Gasteiger partial charge in [-0.3, -0.25) is 9.78 Å². The van der Waals surface area contributed by atoms with Crippen LogP contribution in [-0.4, -0.2) is 44.8 Å². The smallest absolute Gasteiger partial charge is 0.287 e. The van der Waals surface area contributed by atoms with Crippen LogP contribution in [0.4, 0.5) is 14.5 Å². The summed E-state index contributed by atoms with van der Waals surface area (Å²) in [6, 6.07) is 2.82. The molecule has 1 atom stereocenters. The third kappa shape index (κ3) is 3.68. The lowest BCUT2D eigenvalue weighted by Crippen LogP contribution is -2.48. The van der Waals surface area contributed by atoms with E-state index in [1.165, 1.54) is 44.8 Å². The molecule has 0 spiro atoms. The number of amides is 1. The molecule has 1 aliphatic heterocycles. The van der Waals surface area contributed by atoms with Crippen molar-refractivity contribution in [2.75, 3.05) is 18.2 Å². The maximum absolute atomic E-state index is 14.5. The molecular formula is C16H16F2N6O2S. The highest BCUT2D eigenvalue weighted by molar-refractivity contribution is 8.13. The van der Waals surface area contributed by atoms with Crippen LogP contribution in [0, 0.1) is 0 Å². The van der Waals surface area contributed by atoms with E-state index in [1.54, 1.807) is 0 Å². The molecule has 3 heterocycles. The van der Waals surface area contributed by atoms with Gasteiger partial charge in [-0.05, 0) is 19.1 Å². The highest BCUT2D eigenvalue weighted by Crippen LogP contribution is 2.45.